The first-order chi connectivity index (χ1) is 8.51. The van der Waals surface area contributed by atoms with Crippen LogP contribution in [0, 0.1) is 0 Å². The Bertz CT molecular complexity index is 441. The summed E-state index contributed by atoms with van der Waals surface area (Å²) in [7, 11) is 0. The van der Waals surface area contributed by atoms with Crippen LogP contribution in [0.25, 0.3) is 0 Å². The van der Waals surface area contributed by atoms with Crippen LogP contribution in [0.1, 0.15) is 30.2 Å². The van der Waals surface area contributed by atoms with E-state index in [9.17, 15) is 13.6 Å². The van der Waals surface area contributed by atoms with Gasteiger partial charge in [-0.25, -0.2) is 8.78 Å². The van der Waals surface area contributed by atoms with Crippen LogP contribution in [0.2, 0.25) is 5.02 Å². The standard InChI is InChI=1S/C11H11Cl2F2NO2/c1-2-18-9(17)3-8-6(4-12)10(13)7(5-16-8)11(14)15/h5,11H,2-4H2,1H3. The van der Waals surface area contributed by atoms with Gasteiger partial charge in [0.2, 0.25) is 0 Å². The number of ether oxygens (including phenoxy) is 1. The van der Waals surface area contributed by atoms with Crippen LogP contribution >= 0.6 is 23.2 Å². The van der Waals surface area contributed by atoms with Crippen LogP contribution in [-0.2, 0) is 21.8 Å². The van der Waals surface area contributed by atoms with E-state index in [1.54, 1.807) is 6.92 Å². The van der Waals surface area contributed by atoms with E-state index in [1.165, 1.54) is 0 Å². The zero-order valence-electron chi connectivity index (χ0n) is 9.55. The molecular weight excluding hydrogens is 287 g/mol. The van der Waals surface area contributed by atoms with E-state index in [2.05, 4.69) is 4.98 Å². The third-order valence-corrected chi connectivity index (χ3v) is 2.93. The Morgan fingerprint density at radius 1 is 1.56 bits per heavy atom. The van der Waals surface area contributed by atoms with E-state index < -0.39 is 12.4 Å². The number of aromatic nitrogens is 1. The van der Waals surface area contributed by atoms with Crippen molar-refractivity contribution in [3.8, 4) is 0 Å². The number of nitrogens with zero attached hydrogens (tertiary/aromatic N) is 1. The Kier molecular flexibility index (Phi) is 5.75. The van der Waals surface area contributed by atoms with Crippen molar-refractivity contribution < 1.29 is 18.3 Å². The molecule has 0 saturated heterocycles. The third kappa shape index (κ3) is 3.53. The number of esters is 1. The highest BCUT2D eigenvalue weighted by Crippen LogP contribution is 2.31. The van der Waals surface area contributed by atoms with Crippen molar-refractivity contribution >= 4 is 29.2 Å². The summed E-state index contributed by atoms with van der Waals surface area (Å²) < 4.78 is 29.9. The minimum Gasteiger partial charge on any atom is -0.466 e. The maximum atomic E-state index is 12.6. The normalized spacial score (nSPS) is 10.8. The highest BCUT2D eigenvalue weighted by molar-refractivity contribution is 6.33. The number of pyridine rings is 1. The number of alkyl halides is 3. The molecule has 100 valence electrons. The van der Waals surface area contributed by atoms with Gasteiger partial charge in [0.05, 0.1) is 35.2 Å². The van der Waals surface area contributed by atoms with Crippen molar-refractivity contribution in [1.82, 2.24) is 4.98 Å². The summed E-state index contributed by atoms with van der Waals surface area (Å²) >= 11 is 11.5. The lowest BCUT2D eigenvalue weighted by Gasteiger charge is -2.11. The summed E-state index contributed by atoms with van der Waals surface area (Å²) in [5.74, 6) is -0.599. The number of rotatable bonds is 5. The van der Waals surface area contributed by atoms with Gasteiger partial charge >= 0.3 is 5.97 Å². The number of hydrogen-bond acceptors (Lipinski definition) is 3. The molecule has 0 aliphatic carbocycles. The molecule has 1 rings (SSSR count). The lowest BCUT2D eigenvalue weighted by Crippen LogP contribution is -2.11. The molecule has 3 nitrogen and oxygen atoms in total. The molecule has 1 aromatic heterocycles. The van der Waals surface area contributed by atoms with E-state index in [0.29, 0.717) is 0 Å². The van der Waals surface area contributed by atoms with Gasteiger partial charge in [0.1, 0.15) is 0 Å². The SMILES string of the molecule is CCOC(=O)Cc1ncc(C(F)F)c(Cl)c1CCl. The van der Waals surface area contributed by atoms with Crippen LogP contribution in [0.4, 0.5) is 8.78 Å². The average molecular weight is 298 g/mol. The molecule has 1 aromatic rings. The molecule has 0 spiro atoms. The second-order valence-corrected chi connectivity index (χ2v) is 4.01. The van der Waals surface area contributed by atoms with Crippen molar-refractivity contribution in [2.75, 3.05) is 6.61 Å². The number of carbonyl (C=O) groups excluding carboxylic acids is 1. The average Bonchev–Trinajstić information content (AvgIpc) is 2.29. The van der Waals surface area contributed by atoms with E-state index in [4.69, 9.17) is 27.9 Å². The third-order valence-electron chi connectivity index (χ3n) is 2.21. The smallest absolute Gasteiger partial charge is 0.311 e. The van der Waals surface area contributed by atoms with Gasteiger partial charge in [0.15, 0.2) is 0 Å². The second-order valence-electron chi connectivity index (χ2n) is 3.37. The maximum Gasteiger partial charge on any atom is 0.311 e. The monoisotopic (exact) mass is 297 g/mol. The zero-order valence-corrected chi connectivity index (χ0v) is 11.1. The summed E-state index contributed by atoms with van der Waals surface area (Å²) in [4.78, 5) is 15.1. The fourth-order valence-corrected chi connectivity index (χ4v) is 2.04. The highest BCUT2D eigenvalue weighted by Gasteiger charge is 2.20. The molecular formula is C11H11Cl2F2NO2. The molecule has 0 aromatic carbocycles. The van der Waals surface area contributed by atoms with E-state index in [1.807, 2.05) is 0 Å². The van der Waals surface area contributed by atoms with Crippen LogP contribution in [0.3, 0.4) is 0 Å². The van der Waals surface area contributed by atoms with Crippen LogP contribution < -0.4 is 0 Å². The summed E-state index contributed by atoms with van der Waals surface area (Å²) in [6.45, 7) is 1.90. The molecule has 0 bridgehead atoms. The Hall–Kier alpha value is -0.940. The fourth-order valence-electron chi connectivity index (χ4n) is 1.37. The first-order valence-electron chi connectivity index (χ1n) is 5.17. The van der Waals surface area contributed by atoms with Crippen LogP contribution in [-0.4, -0.2) is 17.6 Å². The quantitative estimate of drug-likeness (QED) is 0.617. The van der Waals surface area contributed by atoms with Gasteiger partial charge in [-0.2, -0.15) is 0 Å². The lowest BCUT2D eigenvalue weighted by atomic mass is 10.1. The molecule has 0 aliphatic rings. The molecule has 0 fully saturated rings. The van der Waals surface area contributed by atoms with Crippen molar-refractivity contribution in [2.24, 2.45) is 0 Å². The van der Waals surface area contributed by atoms with Crippen molar-refractivity contribution in [2.45, 2.75) is 25.7 Å². The molecule has 0 N–H and O–H groups in total. The molecule has 0 atom stereocenters. The molecule has 0 aliphatic heterocycles. The summed E-state index contributed by atoms with van der Waals surface area (Å²) in [6, 6.07) is 0. The van der Waals surface area contributed by atoms with Crippen molar-refractivity contribution in [3.63, 3.8) is 0 Å². The Morgan fingerprint density at radius 3 is 2.72 bits per heavy atom. The van der Waals surface area contributed by atoms with E-state index in [-0.39, 0.29) is 40.8 Å². The predicted molar refractivity (Wildman–Crippen MR) is 64.1 cm³/mol. The molecule has 1 heterocycles. The minimum atomic E-state index is -2.73. The maximum absolute atomic E-state index is 12.6. The number of halogens is 4. The molecule has 7 heteroatoms. The van der Waals surface area contributed by atoms with Crippen LogP contribution in [0.15, 0.2) is 6.20 Å². The molecule has 18 heavy (non-hydrogen) atoms. The number of hydrogen-bond donors (Lipinski definition) is 0. The van der Waals surface area contributed by atoms with Gasteiger partial charge in [0.25, 0.3) is 6.43 Å². The molecule has 0 unspecified atom stereocenters. The van der Waals surface area contributed by atoms with E-state index >= 15 is 0 Å². The van der Waals surface area contributed by atoms with Crippen molar-refractivity contribution in [3.05, 3.63) is 28.0 Å². The molecule has 0 saturated carbocycles. The van der Waals surface area contributed by atoms with Gasteiger partial charge in [-0.05, 0) is 6.92 Å². The van der Waals surface area contributed by atoms with Gasteiger partial charge < -0.3 is 4.74 Å². The zero-order chi connectivity index (χ0) is 13.7. The van der Waals surface area contributed by atoms with Gasteiger partial charge in [-0.3, -0.25) is 9.78 Å². The first kappa shape index (κ1) is 15.1. The Labute approximate surface area is 113 Å². The highest BCUT2D eigenvalue weighted by atomic mass is 35.5. The van der Waals surface area contributed by atoms with Crippen LogP contribution in [0.5, 0.6) is 0 Å². The second kappa shape index (κ2) is 6.85. The summed E-state index contributed by atoms with van der Waals surface area (Å²) in [6.07, 6.45) is -1.92. The number of carbonyl (C=O) groups is 1. The summed E-state index contributed by atoms with van der Waals surface area (Å²) in [5, 5.41) is -0.144. The first-order valence-corrected chi connectivity index (χ1v) is 6.08. The predicted octanol–water partition coefficient (Wildman–Crippen LogP) is 3.52. The minimum absolute atomic E-state index is 0.0961. The fraction of sp³-hybridized carbons (Fsp3) is 0.455. The topological polar surface area (TPSA) is 39.2 Å². The lowest BCUT2D eigenvalue weighted by molar-refractivity contribution is -0.142. The molecule has 0 radical (unpaired) electrons. The summed E-state index contributed by atoms with van der Waals surface area (Å²) in [5.41, 5.74) is 0.113. The van der Waals surface area contributed by atoms with Gasteiger partial charge in [-0.1, -0.05) is 11.6 Å². The van der Waals surface area contributed by atoms with Gasteiger partial charge in [-0.15, -0.1) is 11.6 Å². The Morgan fingerprint density at radius 2 is 2.22 bits per heavy atom. The van der Waals surface area contributed by atoms with Gasteiger partial charge in [0, 0.05) is 11.8 Å². The van der Waals surface area contributed by atoms with E-state index in [0.717, 1.165) is 6.20 Å². The Balaban J connectivity index is 3.07. The molecule has 0 amide bonds. The largest absolute Gasteiger partial charge is 0.466 e. The van der Waals surface area contributed by atoms with Crippen molar-refractivity contribution in [1.29, 1.82) is 0 Å².